The maximum absolute atomic E-state index is 12.4. The predicted octanol–water partition coefficient (Wildman–Crippen LogP) is 4.53. The molecule has 0 bridgehead atoms. The van der Waals surface area contributed by atoms with Gasteiger partial charge in [-0.05, 0) is 41.3 Å². The average molecular weight is 467 g/mol. The molecule has 0 aliphatic carbocycles. The summed E-state index contributed by atoms with van der Waals surface area (Å²) in [6, 6.07) is 17.8. The Morgan fingerprint density at radius 3 is 2.43 bits per heavy atom. The molecule has 0 atom stereocenters. The quantitative estimate of drug-likeness (QED) is 0.372. The summed E-state index contributed by atoms with van der Waals surface area (Å²) in [6.45, 7) is 5.39. The highest BCUT2D eigenvalue weighted by Crippen LogP contribution is 2.16. The van der Waals surface area contributed by atoms with Gasteiger partial charge in [-0.3, -0.25) is 9.89 Å². The zero-order valence-electron chi connectivity index (χ0n) is 16.8. The second kappa shape index (κ2) is 8.71. The number of hydrogen-bond donors (Lipinski definition) is 3. The molecule has 154 valence electrons. The topological polar surface area (TPSA) is 87.1 Å². The van der Waals surface area contributed by atoms with Gasteiger partial charge in [0.25, 0.3) is 11.3 Å². The van der Waals surface area contributed by atoms with Gasteiger partial charge in [-0.25, -0.2) is 4.98 Å². The minimum absolute atomic E-state index is 0.200. The summed E-state index contributed by atoms with van der Waals surface area (Å²) in [5, 5.41) is 9.45. The summed E-state index contributed by atoms with van der Waals surface area (Å²) in [4.78, 5) is 21.3. The van der Waals surface area contributed by atoms with Crippen LogP contribution in [0.5, 0.6) is 0 Å². The van der Waals surface area contributed by atoms with Gasteiger partial charge in [-0.1, -0.05) is 54.0 Å². The van der Waals surface area contributed by atoms with Gasteiger partial charge in [0.1, 0.15) is 0 Å². The molecule has 0 saturated heterocycles. The van der Waals surface area contributed by atoms with Gasteiger partial charge in [0.05, 0.1) is 12.2 Å². The Morgan fingerprint density at radius 1 is 1.00 bits per heavy atom. The Morgan fingerprint density at radius 2 is 1.73 bits per heavy atom. The third-order valence-electron chi connectivity index (χ3n) is 4.81. The number of fused-ring (bicyclic) bond motifs is 1. The van der Waals surface area contributed by atoms with E-state index < -0.39 is 0 Å². The maximum Gasteiger partial charge on any atom is 0.274 e. The van der Waals surface area contributed by atoms with Gasteiger partial charge in [0.2, 0.25) is 5.95 Å². The fourth-order valence-corrected chi connectivity index (χ4v) is 3.33. The Bertz CT molecular complexity index is 1200. The van der Waals surface area contributed by atoms with Crippen molar-refractivity contribution in [3.63, 3.8) is 0 Å². The summed E-state index contributed by atoms with van der Waals surface area (Å²) < 4.78 is 2.35. The first-order valence-corrected chi connectivity index (χ1v) is 10.6. The molecule has 30 heavy (non-hydrogen) atoms. The van der Waals surface area contributed by atoms with Crippen LogP contribution in [0.25, 0.3) is 5.78 Å². The SMILES string of the molecule is CC(C)c1ccc(CNc2nc3nc(CNc4ccc(Br)cc4)cc(=O)n3[nH]2)cc1. The molecule has 0 spiro atoms. The molecule has 0 fully saturated rings. The fraction of sp³-hybridized carbons (Fsp3) is 0.227. The molecular weight excluding hydrogens is 444 g/mol. The molecular formula is C22H23BrN6O. The highest BCUT2D eigenvalue weighted by atomic mass is 79.9. The Labute approximate surface area is 182 Å². The third-order valence-corrected chi connectivity index (χ3v) is 5.34. The van der Waals surface area contributed by atoms with E-state index in [0.717, 1.165) is 15.7 Å². The van der Waals surface area contributed by atoms with Crippen LogP contribution in [0.15, 0.2) is 63.9 Å². The van der Waals surface area contributed by atoms with Crippen LogP contribution in [-0.4, -0.2) is 19.6 Å². The van der Waals surface area contributed by atoms with E-state index in [2.05, 4.69) is 79.7 Å². The fourth-order valence-electron chi connectivity index (χ4n) is 3.06. The lowest BCUT2D eigenvalue weighted by Gasteiger charge is -2.07. The van der Waals surface area contributed by atoms with Gasteiger partial charge in [-0.2, -0.15) is 9.50 Å². The third kappa shape index (κ3) is 4.71. The Hall–Kier alpha value is -3.13. The zero-order chi connectivity index (χ0) is 21.1. The Kier molecular flexibility index (Phi) is 5.85. The number of hydrogen-bond acceptors (Lipinski definition) is 5. The highest BCUT2D eigenvalue weighted by molar-refractivity contribution is 9.10. The maximum atomic E-state index is 12.4. The molecule has 4 aromatic rings. The largest absolute Gasteiger partial charge is 0.379 e. The van der Waals surface area contributed by atoms with E-state index in [-0.39, 0.29) is 5.56 Å². The lowest BCUT2D eigenvalue weighted by Crippen LogP contribution is -2.17. The zero-order valence-corrected chi connectivity index (χ0v) is 18.4. The molecule has 0 aliphatic rings. The molecule has 3 N–H and O–H groups in total. The molecule has 0 radical (unpaired) electrons. The minimum Gasteiger partial charge on any atom is -0.379 e. The molecule has 0 unspecified atom stereocenters. The second-order valence-electron chi connectivity index (χ2n) is 7.40. The van der Waals surface area contributed by atoms with Crippen molar-refractivity contribution >= 4 is 33.3 Å². The van der Waals surface area contributed by atoms with Crippen molar-refractivity contribution in [2.45, 2.75) is 32.9 Å². The standard InChI is InChI=1S/C22H23BrN6O/c1-14(2)16-5-3-15(4-6-16)12-25-21-27-22-26-19(11-20(30)29(22)28-21)13-24-18-9-7-17(23)8-10-18/h3-11,14,24H,12-13H2,1-2H3,(H2,25,26,27,28). The van der Waals surface area contributed by atoms with Crippen molar-refractivity contribution < 1.29 is 0 Å². The van der Waals surface area contributed by atoms with Crippen molar-refractivity contribution in [2.24, 2.45) is 0 Å². The highest BCUT2D eigenvalue weighted by Gasteiger charge is 2.08. The second-order valence-corrected chi connectivity index (χ2v) is 8.32. The van der Waals surface area contributed by atoms with Gasteiger partial charge in [0.15, 0.2) is 0 Å². The summed E-state index contributed by atoms with van der Waals surface area (Å²) in [6.07, 6.45) is 0. The van der Waals surface area contributed by atoms with Crippen LogP contribution in [-0.2, 0) is 13.1 Å². The normalized spacial score (nSPS) is 11.2. The molecule has 0 aliphatic heterocycles. The van der Waals surface area contributed by atoms with Crippen molar-refractivity contribution in [1.82, 2.24) is 19.6 Å². The van der Waals surface area contributed by atoms with E-state index >= 15 is 0 Å². The van der Waals surface area contributed by atoms with Crippen LogP contribution in [0.2, 0.25) is 0 Å². The smallest absolute Gasteiger partial charge is 0.274 e. The molecule has 2 heterocycles. The van der Waals surface area contributed by atoms with Gasteiger partial charge in [0, 0.05) is 22.8 Å². The first-order chi connectivity index (χ1) is 14.5. The molecule has 2 aromatic carbocycles. The van der Waals surface area contributed by atoms with Gasteiger partial charge >= 0.3 is 0 Å². The molecule has 8 heteroatoms. The molecule has 0 saturated carbocycles. The van der Waals surface area contributed by atoms with Crippen molar-refractivity contribution in [1.29, 1.82) is 0 Å². The van der Waals surface area contributed by atoms with Gasteiger partial charge < -0.3 is 10.6 Å². The average Bonchev–Trinajstić information content (AvgIpc) is 3.16. The number of anilines is 2. The van der Waals surface area contributed by atoms with E-state index in [4.69, 9.17) is 0 Å². The molecule has 4 rings (SSSR count). The van der Waals surface area contributed by atoms with Crippen molar-refractivity contribution in [2.75, 3.05) is 10.6 Å². The molecule has 7 nitrogen and oxygen atoms in total. The van der Waals surface area contributed by atoms with E-state index in [0.29, 0.717) is 36.4 Å². The number of nitrogens with zero attached hydrogens (tertiary/aromatic N) is 3. The van der Waals surface area contributed by atoms with E-state index in [9.17, 15) is 4.79 Å². The Balaban J connectivity index is 1.44. The summed E-state index contributed by atoms with van der Waals surface area (Å²) in [7, 11) is 0. The van der Waals surface area contributed by atoms with E-state index in [1.165, 1.54) is 16.1 Å². The van der Waals surface area contributed by atoms with Gasteiger partial charge in [-0.15, -0.1) is 0 Å². The lowest BCUT2D eigenvalue weighted by molar-refractivity contribution is 0.864. The number of halogens is 1. The summed E-state index contributed by atoms with van der Waals surface area (Å²) >= 11 is 3.41. The number of H-pyrrole nitrogens is 1. The van der Waals surface area contributed by atoms with Crippen LogP contribution in [0.4, 0.5) is 11.6 Å². The van der Waals surface area contributed by atoms with Crippen LogP contribution in [0.3, 0.4) is 0 Å². The van der Waals surface area contributed by atoms with E-state index in [1.54, 1.807) is 0 Å². The van der Waals surface area contributed by atoms with Crippen LogP contribution >= 0.6 is 15.9 Å². The lowest BCUT2D eigenvalue weighted by atomic mass is 10.0. The molecule has 0 amide bonds. The number of aromatic nitrogens is 4. The summed E-state index contributed by atoms with van der Waals surface area (Å²) in [5.41, 5.74) is 3.83. The number of nitrogens with one attached hydrogen (secondary N) is 3. The first-order valence-electron chi connectivity index (χ1n) is 9.79. The van der Waals surface area contributed by atoms with Crippen LogP contribution in [0, 0.1) is 0 Å². The minimum atomic E-state index is -0.200. The molecule has 2 aromatic heterocycles. The predicted molar refractivity (Wildman–Crippen MR) is 123 cm³/mol. The van der Waals surface area contributed by atoms with Crippen LogP contribution < -0.4 is 16.2 Å². The number of aromatic amines is 1. The number of benzene rings is 2. The van der Waals surface area contributed by atoms with E-state index in [1.807, 2.05) is 24.3 Å². The van der Waals surface area contributed by atoms with Crippen LogP contribution in [0.1, 0.15) is 36.6 Å². The first kappa shape index (κ1) is 20.2. The van der Waals surface area contributed by atoms with Crippen molar-refractivity contribution in [3.8, 4) is 0 Å². The monoisotopic (exact) mass is 466 g/mol. The summed E-state index contributed by atoms with van der Waals surface area (Å²) in [5.74, 6) is 1.35. The van der Waals surface area contributed by atoms with Crippen molar-refractivity contribution in [3.05, 3.63) is 86.2 Å². The number of rotatable bonds is 7.